The molecular formula is C22H24N4O5. The van der Waals surface area contributed by atoms with E-state index in [1.54, 1.807) is 19.2 Å². The van der Waals surface area contributed by atoms with Crippen LogP contribution in [0.3, 0.4) is 0 Å². The van der Waals surface area contributed by atoms with Crippen molar-refractivity contribution in [3.63, 3.8) is 0 Å². The molecule has 0 spiro atoms. The fourth-order valence-electron chi connectivity index (χ4n) is 3.67. The molecule has 0 saturated carbocycles. The summed E-state index contributed by atoms with van der Waals surface area (Å²) in [4.78, 5) is 41.4. The van der Waals surface area contributed by atoms with Gasteiger partial charge in [-0.3, -0.25) is 14.5 Å². The number of rotatable bonds is 9. The smallest absolute Gasteiger partial charge is 0.324 e. The van der Waals surface area contributed by atoms with Crippen molar-refractivity contribution >= 4 is 28.7 Å². The van der Waals surface area contributed by atoms with Crippen LogP contribution in [0, 0.1) is 0 Å². The van der Waals surface area contributed by atoms with Crippen LogP contribution < -0.4 is 15.4 Å². The third-order valence-corrected chi connectivity index (χ3v) is 5.39. The first kappa shape index (κ1) is 20.5. The number of nitrogens with zero attached hydrogens (tertiary/aromatic N) is 1. The molecule has 1 atom stereocenters. The van der Waals surface area contributed by atoms with Crippen molar-refractivity contribution in [3.05, 3.63) is 54.1 Å². The Hall–Kier alpha value is -3.75. The summed E-state index contributed by atoms with van der Waals surface area (Å²) in [6, 6.07) is 8.12. The average Bonchev–Trinajstić information content (AvgIpc) is 3.49. The third-order valence-electron chi connectivity index (χ3n) is 5.39. The summed E-state index contributed by atoms with van der Waals surface area (Å²) in [6.45, 7) is 0.550. The van der Waals surface area contributed by atoms with Crippen molar-refractivity contribution < 1.29 is 23.5 Å². The summed E-state index contributed by atoms with van der Waals surface area (Å²) in [5, 5.41) is 6.40. The lowest BCUT2D eigenvalue weighted by atomic mass is 10.1. The number of carbonyl (C=O) groups is 3. The number of fused-ring (bicyclic) bond motifs is 1. The highest BCUT2D eigenvalue weighted by Gasteiger charge is 2.37. The minimum atomic E-state index is -0.690. The van der Waals surface area contributed by atoms with E-state index in [2.05, 4.69) is 15.6 Å². The van der Waals surface area contributed by atoms with Crippen molar-refractivity contribution in [2.45, 2.75) is 31.8 Å². The highest BCUT2D eigenvalue weighted by atomic mass is 16.5. The number of hydrogen-bond acceptors (Lipinski definition) is 5. The first-order valence-corrected chi connectivity index (χ1v) is 10.1. The van der Waals surface area contributed by atoms with Gasteiger partial charge in [-0.15, -0.1) is 0 Å². The van der Waals surface area contributed by atoms with Gasteiger partial charge in [-0.1, -0.05) is 0 Å². The van der Waals surface area contributed by atoms with Crippen LogP contribution in [0.25, 0.3) is 10.9 Å². The van der Waals surface area contributed by atoms with Crippen molar-refractivity contribution in [1.29, 1.82) is 0 Å². The summed E-state index contributed by atoms with van der Waals surface area (Å²) in [7, 11) is 1.61. The molecule has 31 heavy (non-hydrogen) atoms. The maximum Gasteiger partial charge on any atom is 0.324 e. The largest absolute Gasteiger partial charge is 0.497 e. The van der Waals surface area contributed by atoms with Crippen LogP contribution >= 0.6 is 0 Å². The highest BCUT2D eigenvalue weighted by molar-refractivity contribution is 6.04. The van der Waals surface area contributed by atoms with Crippen molar-refractivity contribution in [2.75, 3.05) is 13.7 Å². The van der Waals surface area contributed by atoms with Crippen molar-refractivity contribution in [1.82, 2.24) is 20.5 Å². The number of carbonyl (C=O) groups excluding carboxylic acids is 3. The highest BCUT2D eigenvalue weighted by Crippen LogP contribution is 2.24. The van der Waals surface area contributed by atoms with E-state index in [1.807, 2.05) is 24.4 Å². The van der Waals surface area contributed by atoms with Crippen LogP contribution in [0.2, 0.25) is 0 Å². The van der Waals surface area contributed by atoms with E-state index >= 15 is 0 Å². The van der Waals surface area contributed by atoms with E-state index < -0.39 is 12.1 Å². The Balaban J connectivity index is 1.29. The Kier molecular flexibility index (Phi) is 5.92. The van der Waals surface area contributed by atoms with Crippen LogP contribution in [0.5, 0.6) is 5.75 Å². The van der Waals surface area contributed by atoms with Gasteiger partial charge in [0.1, 0.15) is 17.6 Å². The molecule has 3 aromatic rings. The lowest BCUT2D eigenvalue weighted by molar-refractivity contribution is -0.127. The van der Waals surface area contributed by atoms with E-state index in [0.717, 1.165) is 22.2 Å². The second kappa shape index (κ2) is 8.95. The molecule has 0 aliphatic carbocycles. The zero-order chi connectivity index (χ0) is 21.8. The van der Waals surface area contributed by atoms with Gasteiger partial charge in [0.15, 0.2) is 0 Å². The lowest BCUT2D eigenvalue weighted by Crippen LogP contribution is -2.33. The number of ether oxygens (including phenoxy) is 1. The van der Waals surface area contributed by atoms with Gasteiger partial charge >= 0.3 is 6.03 Å². The monoisotopic (exact) mass is 424 g/mol. The van der Waals surface area contributed by atoms with Gasteiger partial charge in [-0.05, 0) is 48.7 Å². The summed E-state index contributed by atoms with van der Waals surface area (Å²) in [5.41, 5.74) is 1.96. The standard InChI is InChI=1S/C22H24N4O5/c1-30-15-4-5-18-17(11-15)14(12-23-18)8-9-26-21(28)19(25-22(26)29)6-7-20(27)24-13-16-3-2-10-31-16/h2-5,10-12,19,23H,6-9,13H2,1H3,(H,24,27)(H,25,29)/t19-/m0/s1. The molecule has 1 aliphatic heterocycles. The van der Waals surface area contributed by atoms with Crippen LogP contribution in [-0.2, 0) is 22.6 Å². The second-order valence-electron chi connectivity index (χ2n) is 7.36. The molecule has 3 N–H and O–H groups in total. The summed E-state index contributed by atoms with van der Waals surface area (Å²) in [6.07, 6.45) is 4.31. The predicted molar refractivity (Wildman–Crippen MR) is 112 cm³/mol. The van der Waals surface area contributed by atoms with Crippen LogP contribution in [0.4, 0.5) is 4.79 Å². The molecule has 0 unspecified atom stereocenters. The Bertz CT molecular complexity index is 1090. The number of hydrogen-bond donors (Lipinski definition) is 3. The molecule has 4 amide bonds. The average molecular weight is 424 g/mol. The van der Waals surface area contributed by atoms with Crippen LogP contribution in [0.1, 0.15) is 24.2 Å². The lowest BCUT2D eigenvalue weighted by Gasteiger charge is -2.13. The molecule has 162 valence electrons. The molecule has 9 heteroatoms. The molecule has 1 fully saturated rings. The third kappa shape index (κ3) is 4.55. The number of urea groups is 1. The number of methoxy groups -OCH3 is 1. The maximum absolute atomic E-state index is 12.7. The molecule has 0 bridgehead atoms. The topological polar surface area (TPSA) is 117 Å². The number of nitrogens with one attached hydrogen (secondary N) is 3. The summed E-state index contributed by atoms with van der Waals surface area (Å²) >= 11 is 0. The van der Waals surface area contributed by atoms with E-state index in [-0.39, 0.29) is 31.2 Å². The van der Waals surface area contributed by atoms with E-state index in [9.17, 15) is 14.4 Å². The molecule has 1 aliphatic rings. The number of aromatic amines is 1. The van der Waals surface area contributed by atoms with Gasteiger partial charge in [-0.25, -0.2) is 4.79 Å². The molecular weight excluding hydrogens is 400 g/mol. The Morgan fingerprint density at radius 3 is 2.94 bits per heavy atom. The van der Waals surface area contributed by atoms with Gasteiger partial charge < -0.3 is 24.8 Å². The fourth-order valence-corrected chi connectivity index (χ4v) is 3.67. The zero-order valence-electron chi connectivity index (χ0n) is 17.1. The van der Waals surface area contributed by atoms with Gasteiger partial charge in [0.05, 0.1) is 19.9 Å². The SMILES string of the molecule is COc1ccc2[nH]cc(CCN3C(=O)N[C@@H](CCC(=O)NCc4ccco4)C3=O)c2c1. The molecule has 9 nitrogen and oxygen atoms in total. The van der Waals surface area contributed by atoms with E-state index in [1.165, 1.54) is 11.2 Å². The second-order valence-corrected chi connectivity index (χ2v) is 7.36. The molecule has 1 saturated heterocycles. The Morgan fingerprint density at radius 1 is 1.29 bits per heavy atom. The minimum absolute atomic E-state index is 0.132. The quantitative estimate of drug-likeness (QED) is 0.456. The van der Waals surface area contributed by atoms with Crippen LogP contribution in [-0.4, -0.2) is 47.4 Å². The first-order chi connectivity index (χ1) is 15.0. The van der Waals surface area contributed by atoms with Gasteiger partial charge in [0.2, 0.25) is 5.91 Å². The Morgan fingerprint density at radius 2 is 2.16 bits per heavy atom. The number of H-pyrrole nitrogens is 1. The van der Waals surface area contributed by atoms with Gasteiger partial charge in [0.25, 0.3) is 5.91 Å². The molecule has 4 rings (SSSR count). The number of amides is 4. The van der Waals surface area contributed by atoms with E-state index in [0.29, 0.717) is 18.7 Å². The van der Waals surface area contributed by atoms with E-state index in [4.69, 9.17) is 9.15 Å². The first-order valence-electron chi connectivity index (χ1n) is 10.1. The number of imide groups is 1. The summed E-state index contributed by atoms with van der Waals surface area (Å²) < 4.78 is 10.4. The molecule has 1 aromatic carbocycles. The number of benzene rings is 1. The fraction of sp³-hybridized carbons (Fsp3) is 0.318. The number of aromatic nitrogens is 1. The van der Waals surface area contributed by atoms with Gasteiger partial charge in [0, 0.05) is 30.1 Å². The molecule has 3 heterocycles. The predicted octanol–water partition coefficient (Wildman–Crippen LogP) is 2.33. The Labute approximate surface area is 178 Å². The van der Waals surface area contributed by atoms with Crippen molar-refractivity contribution in [3.8, 4) is 5.75 Å². The summed E-state index contributed by atoms with van der Waals surface area (Å²) in [5.74, 6) is 0.888. The van der Waals surface area contributed by atoms with Crippen molar-refractivity contribution in [2.24, 2.45) is 0 Å². The normalized spacial score (nSPS) is 16.0. The van der Waals surface area contributed by atoms with Crippen LogP contribution in [0.15, 0.2) is 47.2 Å². The molecule has 2 aromatic heterocycles. The maximum atomic E-state index is 12.7. The zero-order valence-corrected chi connectivity index (χ0v) is 17.1. The number of furan rings is 1. The molecule has 0 radical (unpaired) electrons. The van der Waals surface area contributed by atoms with Gasteiger partial charge in [-0.2, -0.15) is 0 Å². The minimum Gasteiger partial charge on any atom is -0.497 e.